The molecule has 0 aromatic heterocycles. The number of hydrogen-bond acceptors (Lipinski definition) is 0. The molecular formula is C141H90. The molecule has 0 fully saturated rings. The van der Waals surface area contributed by atoms with Crippen molar-refractivity contribution >= 4 is 129 Å². The first kappa shape index (κ1) is 60.5. The molecule has 141 heavy (non-hydrogen) atoms. The number of fused-ring (bicyclic) bond motifs is 21. The molecule has 0 atom stereocenters. The quantitative estimate of drug-likeness (QED) is 0.126. The average Bonchev–Trinajstić information content (AvgIpc) is 1.48. The topological polar surface area (TPSA) is 0 Å². The molecule has 27 aromatic rings. The van der Waals surface area contributed by atoms with E-state index in [4.69, 9.17) is 16.4 Å². The second kappa shape index (κ2) is 33.5. The lowest BCUT2D eigenvalue weighted by atomic mass is 9.83. The van der Waals surface area contributed by atoms with Gasteiger partial charge in [0, 0.05) is 0 Å². The molecule has 0 heteroatoms. The van der Waals surface area contributed by atoms with Crippen molar-refractivity contribution in [3.63, 3.8) is 0 Å². The normalized spacial score (nSPS) is 14.6. The van der Waals surface area contributed by atoms with Gasteiger partial charge in [0.25, 0.3) is 0 Å². The van der Waals surface area contributed by atoms with Gasteiger partial charge in [-0.15, -0.1) is 0 Å². The van der Waals surface area contributed by atoms with Crippen LogP contribution >= 0.6 is 0 Å². The maximum Gasteiger partial charge on any atom is 0.0629 e. The van der Waals surface area contributed by atoms with E-state index in [0.717, 1.165) is 167 Å². The largest absolute Gasteiger partial charge is 0.0629 e. The first-order valence-electron chi connectivity index (χ1n) is 59.5. The van der Waals surface area contributed by atoms with Crippen molar-refractivity contribution in [1.82, 2.24) is 0 Å². The highest BCUT2D eigenvalue weighted by atomic mass is 14.3. The van der Waals surface area contributed by atoms with Gasteiger partial charge < -0.3 is 0 Å². The molecule has 654 valence electrons. The van der Waals surface area contributed by atoms with Crippen LogP contribution in [0.25, 0.3) is 263 Å². The van der Waals surface area contributed by atoms with Crippen LogP contribution in [0, 0.1) is 0 Å². The third kappa shape index (κ3) is 13.6. The summed E-state index contributed by atoms with van der Waals surface area (Å²) in [4.78, 5) is 0. The van der Waals surface area contributed by atoms with Gasteiger partial charge in [-0.1, -0.05) is 473 Å². The predicted octanol–water partition coefficient (Wildman–Crippen LogP) is 38.6. The Labute approximate surface area is 852 Å². The summed E-state index contributed by atoms with van der Waals surface area (Å²) in [6, 6.07) is 113. The molecular weight excluding hydrogens is 1690 g/mol. The Morgan fingerprint density at radius 2 is 0.355 bits per heavy atom. The van der Waals surface area contributed by atoms with Gasteiger partial charge in [0.05, 0.1) is 32.9 Å². The molecule has 0 radical (unpaired) electrons. The van der Waals surface area contributed by atoms with E-state index in [1.807, 2.05) is 267 Å². The molecule has 0 bridgehead atoms. The van der Waals surface area contributed by atoms with Gasteiger partial charge in [-0.05, 0) is 352 Å². The zero-order valence-corrected chi connectivity index (χ0v) is 75.8. The molecule has 0 spiro atoms. The summed E-state index contributed by atoms with van der Waals surface area (Å²) in [5.74, 6) is 0. The van der Waals surface area contributed by atoms with E-state index in [1.54, 1.807) is 0 Å². The number of rotatable bonds is 9. The van der Waals surface area contributed by atoms with Crippen molar-refractivity contribution in [1.29, 1.82) is 0 Å². The average molecular weight is 1810 g/mol. The van der Waals surface area contributed by atoms with Crippen LogP contribution in [0.2, 0.25) is 0 Å². The van der Waals surface area contributed by atoms with Gasteiger partial charge >= 0.3 is 0 Å². The molecule has 0 amide bonds. The second-order valence-electron chi connectivity index (χ2n) is 36.7. The van der Waals surface area contributed by atoms with Crippen molar-refractivity contribution in [2.45, 2.75) is 19.3 Å². The third-order valence-corrected chi connectivity index (χ3v) is 29.1. The minimum absolute atomic E-state index is 0.207. The van der Waals surface area contributed by atoms with Crippen LogP contribution in [0.1, 0.15) is 66.3 Å². The van der Waals surface area contributed by atoms with E-state index in [2.05, 4.69) is 97.1 Å². The Bertz CT molecular complexity index is 11200. The molecule has 3 aliphatic rings. The molecule has 30 rings (SSSR count). The standard InChI is InChI=1S/C51H32.C47H30.C43H28/c1-2-14-34-30-49-37(28-33(34)13-1)29-35-24-25-36(31-48(35)49)50-43-19-7-9-21-45(43)51(46-22-10-8-20-44(46)50)47-27-26-42(40-17-5-6-18-41(40)47)39-23-11-15-32-12-3-4-16-38(32)39;1-2-12-30(13-3-1)36-24-25-43(38-17-7-6-16-37(36)38)47-41-20-10-8-18-39(41)46(40-19-9-11-21-42(40)47)34-23-22-33-27-35-26-31-14-4-5-15-32(31)28-45(35)44(33)29-34;1-2-12-28(13-3-1)34-16-6-7-17-35(34)43-38-20-10-8-18-36(38)42(37-19-9-11-21-39(37)43)32-23-22-31-25-33-24-29-14-4-5-15-30(29)26-41(33)40(31)27-32/h1-28,30-31H,29H2;1-26,28-29H,27H2;1-24,26-27H,25H2/i7D,8D,9D,10D,19D,20D,21D,22D;2*8D,9D,10D,11D,18D,19D,20D,21D. The number of hydrogen-bond donors (Lipinski definition) is 0. The zero-order valence-electron chi connectivity index (χ0n) is 99.8. The van der Waals surface area contributed by atoms with E-state index in [0.29, 0.717) is 66.8 Å². The summed E-state index contributed by atoms with van der Waals surface area (Å²) in [7, 11) is 0. The van der Waals surface area contributed by atoms with Gasteiger partial charge in [0.15, 0.2) is 0 Å². The molecule has 0 N–H and O–H groups in total. The van der Waals surface area contributed by atoms with Crippen molar-refractivity contribution in [2.24, 2.45) is 0 Å². The molecule has 0 saturated carbocycles. The predicted molar refractivity (Wildman–Crippen MR) is 603 cm³/mol. The Kier molecular flexibility index (Phi) is 14.4. The molecule has 0 heterocycles. The summed E-state index contributed by atoms with van der Waals surface area (Å²) >= 11 is 0. The smallest absolute Gasteiger partial charge is 0.0622 e. The van der Waals surface area contributed by atoms with E-state index in [-0.39, 0.29) is 137 Å². The van der Waals surface area contributed by atoms with Crippen LogP contribution < -0.4 is 0 Å². The monoisotopic (exact) mass is 1810 g/mol. The van der Waals surface area contributed by atoms with Crippen LogP contribution in [-0.4, -0.2) is 0 Å². The van der Waals surface area contributed by atoms with Crippen LogP contribution in [0.15, 0.2) is 509 Å². The first-order chi connectivity index (χ1) is 79.9. The van der Waals surface area contributed by atoms with Crippen molar-refractivity contribution in [3.05, 3.63) is 542 Å². The Hall–Kier alpha value is -17.9. The van der Waals surface area contributed by atoms with Crippen LogP contribution in [-0.2, 0) is 19.3 Å². The lowest BCUT2D eigenvalue weighted by Crippen LogP contribution is -1.93. The Morgan fingerprint density at radius 1 is 0.121 bits per heavy atom. The highest BCUT2D eigenvalue weighted by Gasteiger charge is 2.30. The van der Waals surface area contributed by atoms with Crippen molar-refractivity contribution in [3.8, 4) is 134 Å². The second-order valence-corrected chi connectivity index (χ2v) is 36.7. The van der Waals surface area contributed by atoms with E-state index >= 15 is 0 Å². The van der Waals surface area contributed by atoms with Gasteiger partial charge in [-0.25, -0.2) is 0 Å². The molecule has 3 aliphatic carbocycles. The maximum atomic E-state index is 9.56. The first-order valence-corrected chi connectivity index (χ1v) is 47.5. The molecule has 0 aliphatic heterocycles. The van der Waals surface area contributed by atoms with Crippen LogP contribution in [0.5, 0.6) is 0 Å². The van der Waals surface area contributed by atoms with Crippen molar-refractivity contribution < 1.29 is 32.9 Å². The van der Waals surface area contributed by atoms with E-state index < -0.39 is 72.5 Å². The molecule has 0 saturated heterocycles. The molecule has 0 nitrogen and oxygen atoms in total. The third-order valence-electron chi connectivity index (χ3n) is 29.1. The Balaban J connectivity index is 0.000000116. The summed E-state index contributed by atoms with van der Waals surface area (Å²) in [6.07, 6.45) is 2.21. The molecule has 27 aromatic carbocycles. The highest BCUT2D eigenvalue weighted by Crippen LogP contribution is 2.55. The fourth-order valence-corrected chi connectivity index (χ4v) is 22.8. The van der Waals surface area contributed by atoms with E-state index in [9.17, 15) is 16.4 Å². The minimum atomic E-state index is -0.415. The van der Waals surface area contributed by atoms with Crippen LogP contribution in [0.3, 0.4) is 0 Å². The SMILES string of the molecule is [2H]c1c([2H])c([2H])c2c(-c3ccc(-c4cccc5ccccc45)c4ccccc34)c3c([2H])c([2H])c([2H])c([2H])c3c(-c3ccc4c(c3)-c3cc5ccccc5cc3C4)c2c1[2H].[2H]c1c([2H])c([2H])c2c(-c3ccc(-c4ccccc4)c4ccccc34)c3c([2H])c([2H])c([2H])c([2H])c3c(-c3ccc4c(c3)-c3cc5ccccc5cc3C4)c2c1[2H].[2H]c1c([2H])c([2H])c2c(-c3ccccc3-c3ccccc3)c3c([2H])c([2H])c([2H])c([2H])c3c(-c3ccc4c(c3)-c3cc5ccccc5cc3C4)c2c1[2H]. The molecule has 0 unspecified atom stereocenters. The summed E-state index contributed by atoms with van der Waals surface area (Å²) < 4.78 is 220. The van der Waals surface area contributed by atoms with Gasteiger partial charge in [-0.3, -0.25) is 0 Å². The van der Waals surface area contributed by atoms with Gasteiger partial charge in [0.1, 0.15) is 0 Å². The van der Waals surface area contributed by atoms with Gasteiger partial charge in [0.2, 0.25) is 0 Å². The number of benzene rings is 27. The lowest BCUT2D eigenvalue weighted by Gasteiger charge is -2.20. The zero-order chi connectivity index (χ0) is 114. The fourth-order valence-electron chi connectivity index (χ4n) is 22.8. The lowest BCUT2D eigenvalue weighted by molar-refractivity contribution is 1.27. The van der Waals surface area contributed by atoms with E-state index in [1.165, 1.54) is 16.7 Å². The maximum absolute atomic E-state index is 9.56. The van der Waals surface area contributed by atoms with Crippen molar-refractivity contribution in [2.75, 3.05) is 0 Å². The Morgan fingerprint density at radius 3 is 0.716 bits per heavy atom. The van der Waals surface area contributed by atoms with Crippen LogP contribution in [0.4, 0.5) is 0 Å². The highest BCUT2D eigenvalue weighted by molar-refractivity contribution is 6.28. The summed E-state index contributed by atoms with van der Waals surface area (Å²) in [6.45, 7) is 0. The summed E-state index contributed by atoms with van der Waals surface area (Å²) in [5.41, 5.74) is 24.5. The minimum Gasteiger partial charge on any atom is -0.0622 e. The fraction of sp³-hybridized carbons (Fsp3) is 0.0213. The van der Waals surface area contributed by atoms with Gasteiger partial charge in [-0.2, -0.15) is 0 Å². The summed E-state index contributed by atoms with van der Waals surface area (Å²) in [5, 5.41) is 14.9.